The maximum atomic E-state index is 11.8. The molecule has 0 aromatic carbocycles. The van der Waals surface area contributed by atoms with Crippen molar-refractivity contribution < 1.29 is 9.53 Å². The third kappa shape index (κ3) is 4.50. The van der Waals surface area contributed by atoms with E-state index in [0.717, 1.165) is 17.7 Å². The fourth-order valence-electron chi connectivity index (χ4n) is 1.42. The van der Waals surface area contributed by atoms with Crippen LogP contribution in [0.3, 0.4) is 0 Å². The molecule has 1 unspecified atom stereocenters. The summed E-state index contributed by atoms with van der Waals surface area (Å²) in [6, 6.07) is 1.26. The van der Waals surface area contributed by atoms with E-state index >= 15 is 0 Å². The lowest BCUT2D eigenvalue weighted by molar-refractivity contribution is -0.117. The summed E-state index contributed by atoms with van der Waals surface area (Å²) in [4.78, 5) is 15.7. The molecular formula is C12H19N3O2. The molecule has 0 aliphatic rings. The number of amides is 1. The molecule has 0 saturated heterocycles. The molecule has 5 nitrogen and oxygen atoms in total. The Kier molecular flexibility index (Phi) is 5.59. The molecule has 0 radical (unpaired) electrons. The fourth-order valence-corrected chi connectivity index (χ4v) is 1.42. The van der Waals surface area contributed by atoms with E-state index in [0.29, 0.717) is 13.0 Å². The number of hydrogen-bond donors (Lipinski definition) is 2. The Balaban J connectivity index is 2.46. The summed E-state index contributed by atoms with van der Waals surface area (Å²) in [6.07, 6.45) is 4.73. The highest BCUT2D eigenvalue weighted by Gasteiger charge is 2.13. The van der Waals surface area contributed by atoms with E-state index in [2.05, 4.69) is 10.3 Å². The summed E-state index contributed by atoms with van der Waals surface area (Å²) in [5.41, 5.74) is 7.45. The van der Waals surface area contributed by atoms with Gasteiger partial charge in [-0.05, 0) is 31.4 Å². The van der Waals surface area contributed by atoms with Gasteiger partial charge < -0.3 is 15.8 Å². The van der Waals surface area contributed by atoms with Gasteiger partial charge in [0, 0.05) is 31.8 Å². The second kappa shape index (κ2) is 6.98. The summed E-state index contributed by atoms with van der Waals surface area (Å²) in [5, 5.41) is 2.79. The van der Waals surface area contributed by atoms with Crippen molar-refractivity contribution in [3.63, 3.8) is 0 Å². The van der Waals surface area contributed by atoms with Gasteiger partial charge in [-0.2, -0.15) is 0 Å². The van der Waals surface area contributed by atoms with Gasteiger partial charge in [0.1, 0.15) is 0 Å². The summed E-state index contributed by atoms with van der Waals surface area (Å²) >= 11 is 0. The van der Waals surface area contributed by atoms with Crippen LogP contribution in [0.25, 0.3) is 0 Å². The predicted molar refractivity (Wildman–Crippen MR) is 66.7 cm³/mol. The van der Waals surface area contributed by atoms with Crippen LogP contribution in [0.5, 0.6) is 0 Å². The van der Waals surface area contributed by atoms with Gasteiger partial charge >= 0.3 is 0 Å². The van der Waals surface area contributed by atoms with Crippen molar-refractivity contribution in [3.05, 3.63) is 24.0 Å². The number of pyridine rings is 1. The van der Waals surface area contributed by atoms with Crippen LogP contribution in [0, 0.1) is 6.92 Å². The number of nitrogens with zero attached hydrogens (tertiary/aromatic N) is 1. The topological polar surface area (TPSA) is 77.2 Å². The first kappa shape index (κ1) is 13.6. The molecule has 5 heteroatoms. The zero-order valence-electron chi connectivity index (χ0n) is 10.3. The number of hydrogen-bond acceptors (Lipinski definition) is 4. The quantitative estimate of drug-likeness (QED) is 0.726. The lowest BCUT2D eigenvalue weighted by Crippen LogP contribution is -2.35. The van der Waals surface area contributed by atoms with E-state index < -0.39 is 6.04 Å². The van der Waals surface area contributed by atoms with Crippen molar-refractivity contribution >= 4 is 11.6 Å². The predicted octanol–water partition coefficient (Wildman–Crippen LogP) is 1.08. The highest BCUT2D eigenvalue weighted by atomic mass is 16.5. The highest BCUT2D eigenvalue weighted by Crippen LogP contribution is 2.12. The molecule has 0 saturated carbocycles. The Hall–Kier alpha value is -1.46. The van der Waals surface area contributed by atoms with Gasteiger partial charge in [0.2, 0.25) is 5.91 Å². The monoisotopic (exact) mass is 237 g/mol. The van der Waals surface area contributed by atoms with Gasteiger partial charge in [-0.3, -0.25) is 9.78 Å². The summed E-state index contributed by atoms with van der Waals surface area (Å²) in [7, 11) is 1.63. The summed E-state index contributed by atoms with van der Waals surface area (Å²) < 4.78 is 4.91. The van der Waals surface area contributed by atoms with Gasteiger partial charge in [-0.15, -0.1) is 0 Å². The maximum Gasteiger partial charge on any atom is 0.241 e. The third-order valence-corrected chi connectivity index (χ3v) is 2.48. The van der Waals surface area contributed by atoms with Gasteiger partial charge in [-0.25, -0.2) is 0 Å². The minimum absolute atomic E-state index is 0.171. The number of aryl methyl sites for hydroxylation is 1. The Morgan fingerprint density at radius 3 is 3.06 bits per heavy atom. The molecule has 0 bridgehead atoms. The van der Waals surface area contributed by atoms with E-state index in [-0.39, 0.29) is 5.91 Å². The standard InChI is InChI=1S/C12H19N3O2/c1-9-8-14-6-5-11(9)15-12(16)10(13)4-3-7-17-2/h5-6,8,10H,3-4,7,13H2,1-2H3,(H,14,15,16). The molecule has 0 aliphatic heterocycles. The molecular weight excluding hydrogens is 218 g/mol. The Labute approximate surface area is 101 Å². The molecule has 1 amide bonds. The minimum atomic E-state index is -0.502. The number of nitrogens with two attached hydrogens (primary N) is 1. The first-order chi connectivity index (χ1) is 8.15. The van der Waals surface area contributed by atoms with Gasteiger partial charge in [0.25, 0.3) is 0 Å². The highest BCUT2D eigenvalue weighted by molar-refractivity contribution is 5.95. The first-order valence-electron chi connectivity index (χ1n) is 5.61. The molecule has 94 valence electrons. The SMILES string of the molecule is COCCCC(N)C(=O)Nc1ccncc1C. The van der Waals surface area contributed by atoms with Gasteiger partial charge in [0.05, 0.1) is 6.04 Å². The van der Waals surface area contributed by atoms with Crippen LogP contribution in [-0.2, 0) is 9.53 Å². The third-order valence-electron chi connectivity index (χ3n) is 2.48. The summed E-state index contributed by atoms with van der Waals surface area (Å²) in [6.45, 7) is 2.51. The zero-order chi connectivity index (χ0) is 12.7. The van der Waals surface area contributed by atoms with Crippen molar-refractivity contribution in [1.82, 2.24) is 4.98 Å². The number of methoxy groups -OCH3 is 1. The van der Waals surface area contributed by atoms with Crippen molar-refractivity contribution in [1.29, 1.82) is 0 Å². The molecule has 0 spiro atoms. The minimum Gasteiger partial charge on any atom is -0.385 e. The molecule has 3 N–H and O–H groups in total. The van der Waals surface area contributed by atoms with E-state index in [4.69, 9.17) is 10.5 Å². The van der Waals surface area contributed by atoms with E-state index in [1.54, 1.807) is 25.6 Å². The average Bonchev–Trinajstić information content (AvgIpc) is 2.32. The van der Waals surface area contributed by atoms with Crippen LogP contribution < -0.4 is 11.1 Å². The Morgan fingerprint density at radius 2 is 2.41 bits per heavy atom. The lowest BCUT2D eigenvalue weighted by Gasteiger charge is -2.13. The molecule has 1 rings (SSSR count). The van der Waals surface area contributed by atoms with Gasteiger partial charge in [-0.1, -0.05) is 0 Å². The zero-order valence-corrected chi connectivity index (χ0v) is 10.3. The van der Waals surface area contributed by atoms with E-state index in [9.17, 15) is 4.79 Å². The summed E-state index contributed by atoms with van der Waals surface area (Å²) in [5.74, 6) is -0.171. The van der Waals surface area contributed by atoms with Crippen LogP contribution in [0.15, 0.2) is 18.5 Å². The van der Waals surface area contributed by atoms with E-state index in [1.165, 1.54) is 0 Å². The molecule has 1 heterocycles. The Morgan fingerprint density at radius 1 is 1.65 bits per heavy atom. The first-order valence-corrected chi connectivity index (χ1v) is 5.61. The number of anilines is 1. The van der Waals surface area contributed by atoms with Crippen molar-refractivity contribution in [3.8, 4) is 0 Å². The number of nitrogens with one attached hydrogen (secondary N) is 1. The second-order valence-corrected chi connectivity index (χ2v) is 3.92. The Bertz CT molecular complexity index is 369. The largest absolute Gasteiger partial charge is 0.385 e. The molecule has 0 fully saturated rings. The number of rotatable bonds is 6. The van der Waals surface area contributed by atoms with Crippen LogP contribution in [0.1, 0.15) is 18.4 Å². The van der Waals surface area contributed by atoms with Crippen LogP contribution in [-0.4, -0.2) is 30.6 Å². The van der Waals surface area contributed by atoms with Crippen molar-refractivity contribution in [2.24, 2.45) is 5.73 Å². The number of ether oxygens (including phenoxy) is 1. The molecule has 1 atom stereocenters. The van der Waals surface area contributed by atoms with Crippen LogP contribution in [0.4, 0.5) is 5.69 Å². The number of carbonyl (C=O) groups excluding carboxylic acids is 1. The average molecular weight is 237 g/mol. The van der Waals surface area contributed by atoms with Crippen LogP contribution >= 0.6 is 0 Å². The van der Waals surface area contributed by atoms with Gasteiger partial charge in [0.15, 0.2) is 0 Å². The molecule has 17 heavy (non-hydrogen) atoms. The normalized spacial score (nSPS) is 12.2. The maximum absolute atomic E-state index is 11.8. The van der Waals surface area contributed by atoms with Crippen molar-refractivity contribution in [2.75, 3.05) is 19.0 Å². The fraction of sp³-hybridized carbons (Fsp3) is 0.500. The number of aromatic nitrogens is 1. The van der Waals surface area contributed by atoms with Crippen molar-refractivity contribution in [2.45, 2.75) is 25.8 Å². The molecule has 1 aromatic heterocycles. The smallest absolute Gasteiger partial charge is 0.241 e. The molecule has 1 aromatic rings. The number of carbonyl (C=O) groups is 1. The lowest BCUT2D eigenvalue weighted by atomic mass is 10.1. The molecule has 0 aliphatic carbocycles. The van der Waals surface area contributed by atoms with E-state index in [1.807, 2.05) is 6.92 Å². The second-order valence-electron chi connectivity index (χ2n) is 3.92. The van der Waals surface area contributed by atoms with Crippen LogP contribution in [0.2, 0.25) is 0 Å².